The Kier molecular flexibility index (Phi) is 2.02. The lowest BCUT2D eigenvalue weighted by Gasteiger charge is -2.32. The van der Waals surface area contributed by atoms with Crippen molar-refractivity contribution < 1.29 is 5.11 Å². The summed E-state index contributed by atoms with van der Waals surface area (Å²) in [7, 11) is 0. The van der Waals surface area contributed by atoms with Crippen LogP contribution in [0.2, 0.25) is 0 Å². The molecule has 13 heavy (non-hydrogen) atoms. The van der Waals surface area contributed by atoms with Crippen LogP contribution in [0.5, 0.6) is 0 Å². The standard InChI is InChI=1S/C8H12N4O/c9-7-3-11-8(4-10-7)12-5-1-6(13)2-5/h3-6,13H,1-2H2,(H2,9,10)(H,11,12). The van der Waals surface area contributed by atoms with Gasteiger partial charge in [0.25, 0.3) is 0 Å². The Hall–Kier alpha value is -1.36. The zero-order valence-corrected chi connectivity index (χ0v) is 7.14. The van der Waals surface area contributed by atoms with E-state index < -0.39 is 0 Å². The third-order valence-electron chi connectivity index (χ3n) is 2.14. The minimum Gasteiger partial charge on any atom is -0.393 e. The van der Waals surface area contributed by atoms with Gasteiger partial charge in [-0.15, -0.1) is 0 Å². The van der Waals surface area contributed by atoms with Crippen LogP contribution in [0.3, 0.4) is 0 Å². The van der Waals surface area contributed by atoms with Gasteiger partial charge in [0.2, 0.25) is 0 Å². The Morgan fingerprint density at radius 2 is 2.15 bits per heavy atom. The van der Waals surface area contributed by atoms with Crippen molar-refractivity contribution in [2.45, 2.75) is 25.0 Å². The Bertz CT molecular complexity index is 281. The van der Waals surface area contributed by atoms with Gasteiger partial charge in [-0.05, 0) is 12.8 Å². The van der Waals surface area contributed by atoms with Gasteiger partial charge in [-0.2, -0.15) is 0 Å². The zero-order valence-electron chi connectivity index (χ0n) is 7.14. The van der Waals surface area contributed by atoms with Crippen LogP contribution in [0, 0.1) is 0 Å². The molecule has 0 atom stereocenters. The minimum absolute atomic E-state index is 0.153. The fourth-order valence-corrected chi connectivity index (χ4v) is 1.33. The van der Waals surface area contributed by atoms with Crippen LogP contribution in [-0.4, -0.2) is 27.2 Å². The number of anilines is 2. The highest BCUT2D eigenvalue weighted by Gasteiger charge is 2.26. The van der Waals surface area contributed by atoms with Crippen LogP contribution < -0.4 is 11.1 Å². The van der Waals surface area contributed by atoms with E-state index in [1.54, 1.807) is 6.20 Å². The van der Waals surface area contributed by atoms with Gasteiger partial charge in [-0.25, -0.2) is 9.97 Å². The van der Waals surface area contributed by atoms with Crippen molar-refractivity contribution in [2.24, 2.45) is 0 Å². The fraction of sp³-hybridized carbons (Fsp3) is 0.500. The maximum atomic E-state index is 9.04. The number of nitrogens with zero attached hydrogens (tertiary/aromatic N) is 2. The third-order valence-corrected chi connectivity index (χ3v) is 2.14. The quantitative estimate of drug-likeness (QED) is 0.596. The second-order valence-corrected chi connectivity index (χ2v) is 3.29. The van der Waals surface area contributed by atoms with Gasteiger partial charge in [-0.1, -0.05) is 0 Å². The second kappa shape index (κ2) is 3.18. The molecule has 0 radical (unpaired) electrons. The third kappa shape index (κ3) is 1.86. The highest BCUT2D eigenvalue weighted by molar-refractivity contribution is 5.37. The molecule has 0 amide bonds. The van der Waals surface area contributed by atoms with E-state index in [1.165, 1.54) is 6.20 Å². The summed E-state index contributed by atoms with van der Waals surface area (Å²) >= 11 is 0. The maximum absolute atomic E-state index is 9.04. The number of nitrogen functional groups attached to an aromatic ring is 1. The van der Waals surface area contributed by atoms with E-state index >= 15 is 0 Å². The fourth-order valence-electron chi connectivity index (χ4n) is 1.33. The summed E-state index contributed by atoms with van der Waals surface area (Å²) in [6.07, 6.45) is 4.52. The number of nitrogens with two attached hydrogens (primary N) is 1. The Morgan fingerprint density at radius 1 is 1.38 bits per heavy atom. The molecule has 0 saturated heterocycles. The number of aliphatic hydroxyl groups is 1. The monoisotopic (exact) mass is 180 g/mol. The molecule has 1 aromatic heterocycles. The Morgan fingerprint density at radius 3 is 2.69 bits per heavy atom. The van der Waals surface area contributed by atoms with Gasteiger partial charge >= 0.3 is 0 Å². The molecule has 2 rings (SSSR count). The SMILES string of the molecule is Nc1cnc(NC2CC(O)C2)cn1. The summed E-state index contributed by atoms with van der Waals surface area (Å²) in [5.41, 5.74) is 5.38. The summed E-state index contributed by atoms with van der Waals surface area (Å²) in [5, 5.41) is 12.2. The Balaban J connectivity index is 1.91. The molecule has 4 N–H and O–H groups in total. The van der Waals surface area contributed by atoms with Crippen LogP contribution in [0.25, 0.3) is 0 Å². The molecule has 1 fully saturated rings. The van der Waals surface area contributed by atoms with Crippen LogP contribution in [0.4, 0.5) is 11.6 Å². The molecular formula is C8H12N4O. The molecule has 0 bridgehead atoms. The lowest BCUT2D eigenvalue weighted by molar-refractivity contribution is 0.0835. The van der Waals surface area contributed by atoms with Crippen LogP contribution in [-0.2, 0) is 0 Å². The number of hydrogen-bond donors (Lipinski definition) is 3. The molecule has 1 aliphatic rings. The van der Waals surface area contributed by atoms with E-state index in [0.29, 0.717) is 17.7 Å². The topological polar surface area (TPSA) is 84.1 Å². The van der Waals surface area contributed by atoms with E-state index in [-0.39, 0.29) is 6.10 Å². The van der Waals surface area contributed by atoms with Gasteiger partial charge < -0.3 is 16.2 Å². The van der Waals surface area contributed by atoms with Crippen molar-refractivity contribution in [1.82, 2.24) is 9.97 Å². The largest absolute Gasteiger partial charge is 0.393 e. The van der Waals surface area contributed by atoms with Crippen molar-refractivity contribution in [3.63, 3.8) is 0 Å². The van der Waals surface area contributed by atoms with Gasteiger partial charge in [0.05, 0.1) is 18.5 Å². The molecule has 0 spiro atoms. The zero-order chi connectivity index (χ0) is 9.26. The molecule has 1 heterocycles. The lowest BCUT2D eigenvalue weighted by Crippen LogP contribution is -2.39. The minimum atomic E-state index is -0.153. The molecule has 0 unspecified atom stereocenters. The van der Waals surface area contributed by atoms with Gasteiger partial charge in [0, 0.05) is 6.04 Å². The summed E-state index contributed by atoms with van der Waals surface area (Å²) in [5.74, 6) is 1.13. The first kappa shape index (κ1) is 8.25. The number of hydrogen-bond acceptors (Lipinski definition) is 5. The normalized spacial score (nSPS) is 26.5. The van der Waals surface area contributed by atoms with Crippen molar-refractivity contribution in [3.8, 4) is 0 Å². The Labute approximate surface area is 76.0 Å². The molecule has 70 valence electrons. The van der Waals surface area contributed by atoms with E-state index in [9.17, 15) is 0 Å². The van der Waals surface area contributed by atoms with Crippen molar-refractivity contribution in [1.29, 1.82) is 0 Å². The maximum Gasteiger partial charge on any atom is 0.144 e. The molecular weight excluding hydrogens is 168 g/mol. The molecule has 0 aliphatic heterocycles. The van der Waals surface area contributed by atoms with E-state index in [2.05, 4.69) is 15.3 Å². The molecule has 1 aliphatic carbocycles. The number of aromatic nitrogens is 2. The number of rotatable bonds is 2. The average Bonchev–Trinajstić information content (AvgIpc) is 2.06. The number of nitrogens with one attached hydrogen (secondary N) is 1. The van der Waals surface area contributed by atoms with E-state index in [4.69, 9.17) is 10.8 Å². The van der Waals surface area contributed by atoms with Crippen LogP contribution in [0.1, 0.15) is 12.8 Å². The second-order valence-electron chi connectivity index (χ2n) is 3.29. The predicted molar refractivity (Wildman–Crippen MR) is 49.1 cm³/mol. The molecule has 0 aromatic carbocycles. The highest BCUT2D eigenvalue weighted by Crippen LogP contribution is 2.22. The number of aliphatic hydroxyl groups excluding tert-OH is 1. The van der Waals surface area contributed by atoms with E-state index in [1.807, 2.05) is 0 Å². The van der Waals surface area contributed by atoms with Crippen molar-refractivity contribution >= 4 is 11.6 Å². The molecule has 5 heteroatoms. The van der Waals surface area contributed by atoms with Gasteiger partial charge in [-0.3, -0.25) is 0 Å². The first-order valence-corrected chi connectivity index (χ1v) is 4.26. The summed E-state index contributed by atoms with van der Waals surface area (Å²) < 4.78 is 0. The smallest absolute Gasteiger partial charge is 0.144 e. The average molecular weight is 180 g/mol. The van der Waals surface area contributed by atoms with Crippen molar-refractivity contribution in [2.75, 3.05) is 11.1 Å². The van der Waals surface area contributed by atoms with Crippen LogP contribution in [0.15, 0.2) is 12.4 Å². The first-order valence-electron chi connectivity index (χ1n) is 4.26. The first-order chi connectivity index (χ1) is 6.24. The molecule has 1 aromatic rings. The summed E-state index contributed by atoms with van der Waals surface area (Å²) in [4.78, 5) is 7.94. The van der Waals surface area contributed by atoms with Crippen molar-refractivity contribution in [3.05, 3.63) is 12.4 Å². The summed E-state index contributed by atoms with van der Waals surface area (Å²) in [6.45, 7) is 0. The van der Waals surface area contributed by atoms with Crippen LogP contribution >= 0.6 is 0 Å². The van der Waals surface area contributed by atoms with Gasteiger partial charge in [0.15, 0.2) is 0 Å². The lowest BCUT2D eigenvalue weighted by atomic mass is 9.90. The molecule has 1 saturated carbocycles. The summed E-state index contributed by atoms with van der Waals surface area (Å²) in [6, 6.07) is 0.327. The van der Waals surface area contributed by atoms with Gasteiger partial charge in [0.1, 0.15) is 11.6 Å². The highest BCUT2D eigenvalue weighted by atomic mass is 16.3. The van der Waals surface area contributed by atoms with E-state index in [0.717, 1.165) is 12.8 Å². The predicted octanol–water partition coefficient (Wildman–Crippen LogP) is -0.00600. The molecule has 5 nitrogen and oxygen atoms in total.